The second-order valence-corrected chi connectivity index (χ2v) is 13.4. The molecule has 270 valence electrons. The minimum absolute atomic E-state index is 0.0102. The molecule has 0 unspecified atom stereocenters. The number of carbonyl (C=O) groups excluding carboxylic acids is 2. The summed E-state index contributed by atoms with van der Waals surface area (Å²) in [7, 11) is 1.34. The number of rotatable bonds is 6. The summed E-state index contributed by atoms with van der Waals surface area (Å²) in [5.41, 5.74) is -3.90. The quantitative estimate of drug-likeness (QED) is 0.322. The molecule has 8 nitrogen and oxygen atoms in total. The molecule has 3 heterocycles. The van der Waals surface area contributed by atoms with Crippen LogP contribution in [0.3, 0.4) is 0 Å². The second-order valence-electron chi connectivity index (χ2n) is 13.4. The maximum atomic E-state index is 14.2. The number of amides is 2. The number of aromatic nitrogens is 1. The van der Waals surface area contributed by atoms with Crippen LogP contribution in [0.5, 0.6) is 0 Å². The summed E-state index contributed by atoms with van der Waals surface area (Å²) in [6.07, 6.45) is -8.83. The Balaban J connectivity index is 1.58. The lowest BCUT2D eigenvalue weighted by Crippen LogP contribution is -2.66. The first kappa shape index (κ1) is 37.0. The summed E-state index contributed by atoms with van der Waals surface area (Å²) in [5, 5.41) is 10.4. The smallest absolute Gasteiger partial charge is 0.394 e. The fourth-order valence-corrected chi connectivity index (χ4v) is 6.75. The summed E-state index contributed by atoms with van der Waals surface area (Å²) in [6, 6.07) is 6.35. The lowest BCUT2D eigenvalue weighted by atomic mass is 9.81. The van der Waals surface area contributed by atoms with Gasteiger partial charge in [-0.2, -0.15) is 26.3 Å². The molecule has 1 N–H and O–H groups in total. The number of aliphatic hydroxyl groups excluding tert-OH is 1. The van der Waals surface area contributed by atoms with Gasteiger partial charge in [0.25, 0.3) is 0 Å². The van der Waals surface area contributed by atoms with Crippen molar-refractivity contribution in [2.45, 2.75) is 57.5 Å². The first-order valence-electron chi connectivity index (χ1n) is 15.9. The second kappa shape index (κ2) is 13.5. The van der Waals surface area contributed by atoms with Gasteiger partial charge in [0.1, 0.15) is 11.6 Å². The number of aryl methyl sites for hydroxylation is 1. The molecule has 0 radical (unpaired) electrons. The van der Waals surface area contributed by atoms with Gasteiger partial charge in [-0.15, -0.1) is 0 Å². The lowest BCUT2D eigenvalue weighted by molar-refractivity contribution is -0.143. The van der Waals surface area contributed by atoms with Gasteiger partial charge in [0, 0.05) is 58.3 Å². The molecule has 0 saturated carbocycles. The molecule has 15 heteroatoms. The molecule has 0 bridgehead atoms. The van der Waals surface area contributed by atoms with Crippen molar-refractivity contribution in [3.63, 3.8) is 0 Å². The van der Waals surface area contributed by atoms with E-state index in [-0.39, 0.29) is 36.4 Å². The monoisotopic (exact) mass is 709 g/mol. The minimum Gasteiger partial charge on any atom is -0.394 e. The van der Waals surface area contributed by atoms with Crippen molar-refractivity contribution in [1.29, 1.82) is 0 Å². The maximum absolute atomic E-state index is 14.2. The molecule has 2 aliphatic heterocycles. The number of carbonyl (C=O) groups is 2. The highest BCUT2D eigenvalue weighted by Gasteiger charge is 2.42. The molecule has 2 amide bonds. The van der Waals surface area contributed by atoms with E-state index >= 15 is 0 Å². The molecule has 2 saturated heterocycles. The predicted molar refractivity (Wildman–Crippen MR) is 173 cm³/mol. The Hall–Kier alpha value is -4.24. The van der Waals surface area contributed by atoms with Gasteiger partial charge in [-0.25, -0.2) is 9.37 Å². The number of hydrogen-bond acceptors (Lipinski definition) is 6. The topological polar surface area (TPSA) is 80.2 Å². The molecule has 3 aromatic rings. The number of halogens is 7. The van der Waals surface area contributed by atoms with Gasteiger partial charge in [-0.3, -0.25) is 14.5 Å². The number of hydrogen-bond donors (Lipinski definition) is 1. The molecule has 0 aliphatic carbocycles. The van der Waals surface area contributed by atoms with E-state index in [1.54, 1.807) is 17.9 Å². The van der Waals surface area contributed by atoms with Crippen molar-refractivity contribution in [3.05, 3.63) is 76.7 Å². The average molecular weight is 710 g/mol. The third kappa shape index (κ3) is 7.29. The highest BCUT2D eigenvalue weighted by molar-refractivity contribution is 6.03. The fraction of sp³-hybridized carbons (Fsp3) is 0.457. The van der Waals surface area contributed by atoms with Crippen molar-refractivity contribution < 1.29 is 45.4 Å². The Labute approximate surface area is 285 Å². The standard InChI is InChI=1S/C35H38F7N5O3/c1-20-10-25(36)6-7-28(20)29-14-31(47-18-26-16-45(21(2)49)8-9-46(26)17-27(47)19-48)43-15-30(29)44(5)32(50)33(3,4)22-11-23(34(37,38)39)13-24(12-22)35(40,41)42/h6-7,10-15,26-27,48H,8-9,16-19H2,1-5H3/t26-,27-/m1/s1. The van der Waals surface area contributed by atoms with E-state index in [1.807, 2.05) is 4.90 Å². The van der Waals surface area contributed by atoms with Gasteiger partial charge in [-0.05, 0) is 73.9 Å². The van der Waals surface area contributed by atoms with Crippen LogP contribution in [0.1, 0.15) is 43.0 Å². The number of likely N-dealkylation sites (N-methyl/N-ethyl adjacent to an activating group) is 1. The zero-order valence-electron chi connectivity index (χ0n) is 28.2. The van der Waals surface area contributed by atoms with Gasteiger partial charge in [0.15, 0.2) is 0 Å². The number of aliphatic hydroxyl groups is 1. The van der Waals surface area contributed by atoms with E-state index in [1.165, 1.54) is 52.2 Å². The van der Waals surface area contributed by atoms with E-state index in [9.17, 15) is 45.4 Å². The van der Waals surface area contributed by atoms with Crippen LogP contribution in [0.15, 0.2) is 48.7 Å². The normalized spacial score (nSPS) is 19.0. The van der Waals surface area contributed by atoms with Gasteiger partial charge >= 0.3 is 12.4 Å². The number of nitrogens with zero attached hydrogens (tertiary/aromatic N) is 5. The highest BCUT2D eigenvalue weighted by Crippen LogP contribution is 2.41. The number of benzene rings is 2. The number of piperazine rings is 2. The Morgan fingerprint density at radius 2 is 1.52 bits per heavy atom. The molecule has 5 rings (SSSR count). The molecule has 2 aromatic carbocycles. The predicted octanol–water partition coefficient (Wildman–Crippen LogP) is 5.89. The first-order chi connectivity index (χ1) is 23.2. The summed E-state index contributed by atoms with van der Waals surface area (Å²) in [6.45, 7) is 8.01. The molecular weight excluding hydrogens is 671 g/mol. The first-order valence-corrected chi connectivity index (χ1v) is 15.9. The van der Waals surface area contributed by atoms with Crippen LogP contribution < -0.4 is 9.80 Å². The van der Waals surface area contributed by atoms with Crippen molar-refractivity contribution in [3.8, 4) is 11.1 Å². The van der Waals surface area contributed by atoms with Crippen LogP contribution >= 0.6 is 0 Å². The third-order valence-corrected chi connectivity index (χ3v) is 9.71. The third-order valence-electron chi connectivity index (χ3n) is 9.71. The molecular formula is C35H38F7N5O3. The van der Waals surface area contributed by atoms with Gasteiger partial charge in [-0.1, -0.05) is 6.07 Å². The van der Waals surface area contributed by atoms with Crippen molar-refractivity contribution in [2.75, 3.05) is 56.2 Å². The van der Waals surface area contributed by atoms with Crippen molar-refractivity contribution in [1.82, 2.24) is 14.8 Å². The zero-order valence-corrected chi connectivity index (χ0v) is 28.2. The number of anilines is 2. The Morgan fingerprint density at radius 1 is 0.900 bits per heavy atom. The van der Waals surface area contributed by atoms with Crippen molar-refractivity contribution in [2.24, 2.45) is 0 Å². The molecule has 50 heavy (non-hydrogen) atoms. The van der Waals surface area contributed by atoms with Gasteiger partial charge < -0.3 is 19.8 Å². The minimum atomic E-state index is -5.10. The van der Waals surface area contributed by atoms with Gasteiger partial charge in [0.05, 0.1) is 41.1 Å². The zero-order chi connectivity index (χ0) is 36.9. The fourth-order valence-electron chi connectivity index (χ4n) is 6.75. The Bertz CT molecular complexity index is 1750. The van der Waals surface area contributed by atoms with E-state index in [0.717, 1.165) is 4.90 Å². The molecule has 2 aliphatic rings. The number of pyridine rings is 1. The molecule has 2 fully saturated rings. The summed E-state index contributed by atoms with van der Waals surface area (Å²) < 4.78 is 96.5. The summed E-state index contributed by atoms with van der Waals surface area (Å²) in [4.78, 5) is 37.9. The van der Waals surface area contributed by atoms with Crippen molar-refractivity contribution >= 4 is 23.3 Å². The Morgan fingerprint density at radius 3 is 2.08 bits per heavy atom. The highest BCUT2D eigenvalue weighted by atomic mass is 19.4. The summed E-state index contributed by atoms with van der Waals surface area (Å²) >= 11 is 0. The average Bonchev–Trinajstić information content (AvgIpc) is 3.05. The largest absolute Gasteiger partial charge is 0.416 e. The van der Waals surface area contributed by atoms with E-state index < -0.39 is 46.2 Å². The maximum Gasteiger partial charge on any atom is 0.416 e. The molecule has 2 atom stereocenters. The van der Waals surface area contributed by atoms with E-state index in [0.29, 0.717) is 67.4 Å². The van der Waals surface area contributed by atoms with E-state index in [2.05, 4.69) is 9.88 Å². The van der Waals surface area contributed by atoms with Crippen LogP contribution in [-0.2, 0) is 27.4 Å². The summed E-state index contributed by atoms with van der Waals surface area (Å²) in [5.74, 6) is -0.971. The van der Waals surface area contributed by atoms with Crippen LogP contribution in [0.4, 0.5) is 42.2 Å². The lowest BCUT2D eigenvalue weighted by Gasteiger charge is -2.50. The Kier molecular flexibility index (Phi) is 9.98. The number of alkyl halides is 6. The molecule has 1 aromatic heterocycles. The van der Waals surface area contributed by atoms with Crippen LogP contribution in [0.25, 0.3) is 11.1 Å². The SMILES string of the molecule is CC(=O)N1CCN2C[C@H](CO)N(c3cc(-c4ccc(F)cc4C)c(N(C)C(=O)C(C)(C)c4cc(C(F)(F)F)cc(C(F)(F)F)c4)cn3)C[C@H]2C1. The van der Waals surface area contributed by atoms with E-state index in [4.69, 9.17) is 0 Å². The van der Waals surface area contributed by atoms with Crippen LogP contribution in [-0.4, -0.2) is 90.2 Å². The molecule has 0 spiro atoms. The van der Waals surface area contributed by atoms with Crippen LogP contribution in [0, 0.1) is 12.7 Å². The van der Waals surface area contributed by atoms with Gasteiger partial charge in [0.2, 0.25) is 11.8 Å². The van der Waals surface area contributed by atoms with Crippen LogP contribution in [0.2, 0.25) is 0 Å². The number of fused-ring (bicyclic) bond motifs is 1.